The van der Waals surface area contributed by atoms with Crippen molar-refractivity contribution in [2.45, 2.75) is 19.9 Å². The molecule has 2 aromatic carbocycles. The quantitative estimate of drug-likeness (QED) is 0.660. The highest BCUT2D eigenvalue weighted by Gasteiger charge is 2.11. The van der Waals surface area contributed by atoms with Crippen molar-refractivity contribution < 1.29 is 14.3 Å². The number of benzene rings is 2. The van der Waals surface area contributed by atoms with Gasteiger partial charge in [0.05, 0.1) is 30.9 Å². The molecule has 0 radical (unpaired) electrons. The molecule has 1 amide bonds. The van der Waals surface area contributed by atoms with Crippen LogP contribution < -0.4 is 14.3 Å². The third-order valence-electron chi connectivity index (χ3n) is 4.02. The van der Waals surface area contributed by atoms with E-state index in [1.54, 1.807) is 26.4 Å². The molecule has 136 valence electrons. The highest BCUT2D eigenvalue weighted by atomic mass is 35.5. The lowest BCUT2D eigenvalue weighted by Gasteiger charge is -2.08. The lowest BCUT2D eigenvalue weighted by atomic mass is 10.1. The van der Waals surface area contributed by atoms with Crippen molar-refractivity contribution in [3.05, 3.63) is 51.8 Å². The molecule has 0 aliphatic rings. The second-order valence-electron chi connectivity index (χ2n) is 5.60. The molecule has 3 rings (SSSR count). The number of hydrogen-bond acceptors (Lipinski definition) is 4. The first-order chi connectivity index (χ1) is 12.5. The molecule has 7 heteroatoms. The van der Waals surface area contributed by atoms with Crippen molar-refractivity contribution in [1.82, 2.24) is 4.57 Å². The largest absolute Gasteiger partial charge is 0.497 e. The Kier molecular flexibility index (Phi) is 5.64. The zero-order valence-electron chi connectivity index (χ0n) is 14.8. The van der Waals surface area contributed by atoms with Crippen molar-refractivity contribution in [2.24, 2.45) is 4.99 Å². The number of amides is 1. The summed E-state index contributed by atoms with van der Waals surface area (Å²) in [5, 5.41) is 0.669. The monoisotopic (exact) mass is 390 g/mol. The molecule has 26 heavy (non-hydrogen) atoms. The van der Waals surface area contributed by atoms with Crippen LogP contribution in [0.4, 0.5) is 0 Å². The van der Waals surface area contributed by atoms with Gasteiger partial charge in [0.15, 0.2) is 4.80 Å². The summed E-state index contributed by atoms with van der Waals surface area (Å²) in [6, 6.07) is 11.1. The number of halogens is 1. The van der Waals surface area contributed by atoms with E-state index in [0.717, 1.165) is 22.3 Å². The third-order valence-corrected chi connectivity index (χ3v) is 5.29. The number of rotatable bonds is 5. The predicted molar refractivity (Wildman–Crippen MR) is 104 cm³/mol. The minimum Gasteiger partial charge on any atom is -0.497 e. The van der Waals surface area contributed by atoms with E-state index >= 15 is 0 Å². The van der Waals surface area contributed by atoms with Crippen LogP contribution in [0.5, 0.6) is 11.5 Å². The summed E-state index contributed by atoms with van der Waals surface area (Å²) in [4.78, 5) is 17.5. The molecule has 0 fully saturated rings. The number of hydrogen-bond donors (Lipinski definition) is 0. The van der Waals surface area contributed by atoms with Gasteiger partial charge in [0.1, 0.15) is 11.5 Å². The molecule has 0 saturated heterocycles. The number of thiazole rings is 1. The average Bonchev–Trinajstić information content (AvgIpc) is 2.97. The molecule has 1 aromatic heterocycles. The predicted octanol–water partition coefficient (Wildman–Crippen LogP) is 4.06. The minimum atomic E-state index is -0.228. The van der Waals surface area contributed by atoms with Crippen LogP contribution in [-0.4, -0.2) is 24.7 Å². The number of aromatic nitrogens is 1. The van der Waals surface area contributed by atoms with Crippen LogP contribution >= 0.6 is 22.9 Å². The molecule has 0 unspecified atom stereocenters. The number of aryl methyl sites for hydroxylation is 1. The maximum atomic E-state index is 12.5. The maximum Gasteiger partial charge on any atom is 0.252 e. The molecule has 1 heterocycles. The minimum absolute atomic E-state index is 0.159. The smallest absolute Gasteiger partial charge is 0.252 e. The van der Waals surface area contributed by atoms with Gasteiger partial charge < -0.3 is 14.0 Å². The number of methoxy groups -OCH3 is 2. The molecule has 0 aliphatic heterocycles. The molecular weight excluding hydrogens is 372 g/mol. The summed E-state index contributed by atoms with van der Waals surface area (Å²) < 4.78 is 13.6. The van der Waals surface area contributed by atoms with Gasteiger partial charge in [0, 0.05) is 23.2 Å². The van der Waals surface area contributed by atoms with Gasteiger partial charge in [-0.1, -0.05) is 29.0 Å². The first-order valence-corrected chi connectivity index (χ1v) is 9.32. The van der Waals surface area contributed by atoms with E-state index in [1.807, 2.05) is 35.8 Å². The summed E-state index contributed by atoms with van der Waals surface area (Å²) in [5.41, 5.74) is 1.80. The lowest BCUT2D eigenvalue weighted by Crippen LogP contribution is -2.16. The molecule has 3 aromatic rings. The van der Waals surface area contributed by atoms with Crippen LogP contribution in [0.25, 0.3) is 10.2 Å². The van der Waals surface area contributed by atoms with Crippen LogP contribution in [0, 0.1) is 0 Å². The highest BCUT2D eigenvalue weighted by Crippen LogP contribution is 2.25. The number of nitrogens with zero attached hydrogens (tertiary/aromatic N) is 2. The van der Waals surface area contributed by atoms with Crippen LogP contribution in [0.15, 0.2) is 41.4 Å². The van der Waals surface area contributed by atoms with Crippen LogP contribution in [0.2, 0.25) is 5.02 Å². The summed E-state index contributed by atoms with van der Waals surface area (Å²) in [6.07, 6.45) is 0.159. The van der Waals surface area contributed by atoms with E-state index in [-0.39, 0.29) is 12.3 Å². The van der Waals surface area contributed by atoms with E-state index in [1.165, 1.54) is 11.3 Å². The molecule has 0 spiro atoms. The van der Waals surface area contributed by atoms with Gasteiger partial charge in [-0.2, -0.15) is 4.99 Å². The zero-order chi connectivity index (χ0) is 18.7. The van der Waals surface area contributed by atoms with Crippen molar-refractivity contribution in [3.63, 3.8) is 0 Å². The molecule has 5 nitrogen and oxygen atoms in total. The number of ether oxygens (including phenoxy) is 2. The fourth-order valence-corrected chi connectivity index (χ4v) is 4.13. The summed E-state index contributed by atoms with van der Waals surface area (Å²) in [7, 11) is 3.16. The molecule has 0 bridgehead atoms. The van der Waals surface area contributed by atoms with Gasteiger partial charge in [-0.25, -0.2) is 0 Å². The SMILES string of the molecule is CCn1c(=NC(=O)Cc2ccc(OC)cc2OC)sc2cc(Cl)ccc21. The van der Waals surface area contributed by atoms with Gasteiger partial charge in [-0.15, -0.1) is 0 Å². The molecule has 0 N–H and O–H groups in total. The second kappa shape index (κ2) is 7.93. The van der Waals surface area contributed by atoms with Crippen molar-refractivity contribution in [3.8, 4) is 11.5 Å². The van der Waals surface area contributed by atoms with Crippen LogP contribution in [0.1, 0.15) is 12.5 Å². The van der Waals surface area contributed by atoms with Crippen molar-refractivity contribution in [2.75, 3.05) is 14.2 Å². The summed E-state index contributed by atoms with van der Waals surface area (Å²) in [5.74, 6) is 1.06. The Balaban J connectivity index is 1.95. The van der Waals surface area contributed by atoms with E-state index in [9.17, 15) is 4.79 Å². The zero-order valence-corrected chi connectivity index (χ0v) is 16.4. The van der Waals surface area contributed by atoms with Gasteiger partial charge in [0.25, 0.3) is 5.91 Å². The Labute approximate surface area is 160 Å². The van der Waals surface area contributed by atoms with Gasteiger partial charge in [-0.3, -0.25) is 4.79 Å². The molecular formula is C19H19ClN2O3S. The van der Waals surface area contributed by atoms with Gasteiger partial charge >= 0.3 is 0 Å². The van der Waals surface area contributed by atoms with E-state index in [2.05, 4.69) is 4.99 Å². The fourth-order valence-electron chi connectivity index (χ4n) is 2.75. The standard InChI is InChI=1S/C19H19ClN2O3S/c1-4-22-15-8-6-13(20)10-17(15)26-19(22)21-18(23)9-12-5-7-14(24-2)11-16(12)25-3/h5-8,10-11H,4,9H2,1-3H3. The van der Waals surface area contributed by atoms with Crippen molar-refractivity contribution in [1.29, 1.82) is 0 Å². The molecule has 0 saturated carbocycles. The average molecular weight is 391 g/mol. The number of fused-ring (bicyclic) bond motifs is 1. The third kappa shape index (κ3) is 3.76. The summed E-state index contributed by atoms with van der Waals surface area (Å²) in [6.45, 7) is 2.75. The Morgan fingerprint density at radius 3 is 2.69 bits per heavy atom. The van der Waals surface area contributed by atoms with Gasteiger partial charge in [-0.05, 0) is 31.2 Å². The van der Waals surface area contributed by atoms with Crippen LogP contribution in [0.3, 0.4) is 0 Å². The van der Waals surface area contributed by atoms with E-state index < -0.39 is 0 Å². The van der Waals surface area contributed by atoms with Crippen molar-refractivity contribution >= 4 is 39.1 Å². The lowest BCUT2D eigenvalue weighted by molar-refractivity contribution is -0.117. The topological polar surface area (TPSA) is 52.8 Å². The Morgan fingerprint density at radius 1 is 1.19 bits per heavy atom. The Morgan fingerprint density at radius 2 is 2.00 bits per heavy atom. The van der Waals surface area contributed by atoms with Crippen LogP contribution in [-0.2, 0) is 17.8 Å². The number of carbonyl (C=O) groups is 1. The fraction of sp³-hybridized carbons (Fsp3) is 0.263. The normalized spacial score (nSPS) is 11.8. The second-order valence-corrected chi connectivity index (χ2v) is 7.05. The van der Waals surface area contributed by atoms with E-state index in [4.69, 9.17) is 21.1 Å². The highest BCUT2D eigenvalue weighted by molar-refractivity contribution is 7.16. The molecule has 0 atom stereocenters. The first-order valence-electron chi connectivity index (χ1n) is 8.13. The molecule has 0 aliphatic carbocycles. The number of carbonyl (C=O) groups excluding carboxylic acids is 1. The van der Waals surface area contributed by atoms with E-state index in [0.29, 0.717) is 21.3 Å². The van der Waals surface area contributed by atoms with Gasteiger partial charge in [0.2, 0.25) is 0 Å². The first kappa shape index (κ1) is 18.5. The maximum absolute atomic E-state index is 12.5. The summed E-state index contributed by atoms with van der Waals surface area (Å²) >= 11 is 7.53. The Hall–Kier alpha value is -2.31. The Bertz CT molecular complexity index is 1020.